The van der Waals surface area contributed by atoms with Crippen LogP contribution in [0.1, 0.15) is 37.2 Å². The zero-order valence-corrected chi connectivity index (χ0v) is 10.6. The van der Waals surface area contributed by atoms with Gasteiger partial charge in [-0.2, -0.15) is 5.10 Å². The molecule has 0 radical (unpaired) electrons. The highest BCUT2D eigenvalue weighted by atomic mass is 16.1. The van der Waals surface area contributed by atoms with E-state index < -0.39 is 0 Å². The number of hydrogen-bond donors (Lipinski definition) is 1. The maximum atomic E-state index is 10.8. The lowest BCUT2D eigenvalue weighted by Crippen LogP contribution is -2.12. The summed E-state index contributed by atoms with van der Waals surface area (Å²) in [5, 5.41) is 4.49. The lowest BCUT2D eigenvalue weighted by Gasteiger charge is -2.07. The molecule has 4 nitrogen and oxygen atoms in total. The van der Waals surface area contributed by atoms with E-state index in [0.29, 0.717) is 18.8 Å². The third-order valence-corrected chi connectivity index (χ3v) is 2.69. The van der Waals surface area contributed by atoms with Crippen molar-refractivity contribution in [2.75, 3.05) is 0 Å². The Labute approximate surface area is 96.8 Å². The molecule has 1 rings (SSSR count). The summed E-state index contributed by atoms with van der Waals surface area (Å²) < 4.78 is 2.02. The van der Waals surface area contributed by atoms with Crippen molar-refractivity contribution < 1.29 is 4.79 Å². The summed E-state index contributed by atoms with van der Waals surface area (Å²) in [7, 11) is 0. The van der Waals surface area contributed by atoms with Crippen LogP contribution in [0.2, 0.25) is 0 Å². The molecular formula is C12H21N3O. The van der Waals surface area contributed by atoms with Crippen LogP contribution < -0.4 is 5.73 Å². The van der Waals surface area contributed by atoms with Gasteiger partial charge in [0.1, 0.15) is 0 Å². The molecule has 0 saturated heterocycles. The minimum atomic E-state index is -0.254. The first-order valence-electron chi connectivity index (χ1n) is 5.73. The predicted octanol–water partition coefficient (Wildman–Crippen LogP) is 1.57. The van der Waals surface area contributed by atoms with E-state index in [1.54, 1.807) is 0 Å². The topological polar surface area (TPSA) is 60.9 Å². The third kappa shape index (κ3) is 3.08. The lowest BCUT2D eigenvalue weighted by atomic mass is 10.1. The fourth-order valence-corrected chi connectivity index (χ4v) is 1.87. The summed E-state index contributed by atoms with van der Waals surface area (Å²) >= 11 is 0. The Morgan fingerprint density at radius 2 is 2.06 bits per heavy atom. The molecule has 16 heavy (non-hydrogen) atoms. The maximum Gasteiger partial charge on any atom is 0.217 e. The van der Waals surface area contributed by atoms with E-state index in [1.807, 2.05) is 11.6 Å². The molecule has 1 aromatic rings. The number of hydrogen-bond acceptors (Lipinski definition) is 2. The van der Waals surface area contributed by atoms with Gasteiger partial charge >= 0.3 is 0 Å². The molecular weight excluding hydrogens is 202 g/mol. The molecule has 0 saturated carbocycles. The van der Waals surface area contributed by atoms with E-state index in [9.17, 15) is 4.79 Å². The smallest absolute Gasteiger partial charge is 0.217 e. The number of amides is 1. The monoisotopic (exact) mass is 223 g/mol. The second kappa shape index (κ2) is 5.14. The Morgan fingerprint density at radius 1 is 1.44 bits per heavy atom. The van der Waals surface area contributed by atoms with Crippen molar-refractivity contribution in [1.29, 1.82) is 0 Å². The summed E-state index contributed by atoms with van der Waals surface area (Å²) in [5.74, 6) is 0.317. The van der Waals surface area contributed by atoms with Crippen LogP contribution in [0, 0.1) is 19.8 Å². The molecule has 0 aliphatic heterocycles. The molecule has 0 fully saturated rings. The molecule has 1 amide bonds. The van der Waals surface area contributed by atoms with Gasteiger partial charge in [-0.3, -0.25) is 9.48 Å². The Balaban J connectivity index is 2.84. The van der Waals surface area contributed by atoms with Crippen molar-refractivity contribution in [3.63, 3.8) is 0 Å². The van der Waals surface area contributed by atoms with Gasteiger partial charge in [-0.15, -0.1) is 0 Å². The van der Waals surface area contributed by atoms with E-state index in [4.69, 9.17) is 5.73 Å². The Hall–Kier alpha value is -1.32. The number of primary amides is 1. The zero-order chi connectivity index (χ0) is 12.3. The van der Waals surface area contributed by atoms with Crippen LogP contribution in [0.5, 0.6) is 0 Å². The molecule has 90 valence electrons. The summed E-state index contributed by atoms with van der Waals surface area (Å²) in [4.78, 5) is 10.8. The zero-order valence-electron chi connectivity index (χ0n) is 10.6. The quantitative estimate of drug-likeness (QED) is 0.823. The third-order valence-electron chi connectivity index (χ3n) is 2.69. The normalized spacial score (nSPS) is 11.1. The van der Waals surface area contributed by atoms with Crippen LogP contribution in [0.25, 0.3) is 0 Å². The predicted molar refractivity (Wildman–Crippen MR) is 64.1 cm³/mol. The molecule has 1 heterocycles. The first-order chi connectivity index (χ1) is 7.41. The van der Waals surface area contributed by atoms with Crippen LogP contribution in [0.15, 0.2) is 0 Å². The number of aryl methyl sites for hydroxylation is 1. The van der Waals surface area contributed by atoms with Gasteiger partial charge in [0.05, 0.1) is 5.69 Å². The molecule has 1 aromatic heterocycles. The van der Waals surface area contributed by atoms with E-state index in [2.05, 4.69) is 25.9 Å². The molecule has 2 N–H and O–H groups in total. The number of rotatable bonds is 5. The molecule has 0 spiro atoms. The standard InChI is InChI=1S/C12H21N3O/c1-8(2)7-15-10(4)11(9(3)14-15)5-6-12(13)16/h8H,5-7H2,1-4H3,(H2,13,16). The van der Waals surface area contributed by atoms with Crippen molar-refractivity contribution >= 4 is 5.91 Å². The SMILES string of the molecule is Cc1nn(CC(C)C)c(C)c1CCC(N)=O. The second-order valence-electron chi connectivity index (χ2n) is 4.69. The number of aromatic nitrogens is 2. The Bertz CT molecular complexity index is 380. The summed E-state index contributed by atoms with van der Waals surface area (Å²) in [6.45, 7) is 9.29. The van der Waals surface area contributed by atoms with Crippen LogP contribution >= 0.6 is 0 Å². The molecule has 4 heteroatoms. The van der Waals surface area contributed by atoms with Crippen molar-refractivity contribution in [2.45, 2.75) is 47.1 Å². The molecule has 0 unspecified atom stereocenters. The average molecular weight is 223 g/mol. The van der Waals surface area contributed by atoms with E-state index in [1.165, 1.54) is 5.56 Å². The highest BCUT2D eigenvalue weighted by molar-refractivity contribution is 5.74. The largest absolute Gasteiger partial charge is 0.370 e. The van der Waals surface area contributed by atoms with Gasteiger partial charge in [0.15, 0.2) is 0 Å². The van der Waals surface area contributed by atoms with Gasteiger partial charge in [0.2, 0.25) is 5.91 Å². The summed E-state index contributed by atoms with van der Waals surface area (Å²) in [6.07, 6.45) is 1.10. The van der Waals surface area contributed by atoms with Crippen molar-refractivity contribution in [3.05, 3.63) is 17.0 Å². The summed E-state index contributed by atoms with van der Waals surface area (Å²) in [5.41, 5.74) is 8.50. The lowest BCUT2D eigenvalue weighted by molar-refractivity contribution is -0.117. The number of carbonyl (C=O) groups is 1. The first kappa shape index (κ1) is 12.7. The second-order valence-corrected chi connectivity index (χ2v) is 4.69. The van der Waals surface area contributed by atoms with Crippen LogP contribution in [-0.2, 0) is 17.8 Å². The highest BCUT2D eigenvalue weighted by Gasteiger charge is 2.12. The van der Waals surface area contributed by atoms with E-state index in [0.717, 1.165) is 17.9 Å². The minimum absolute atomic E-state index is 0.254. The molecule has 0 aromatic carbocycles. The van der Waals surface area contributed by atoms with Crippen molar-refractivity contribution in [3.8, 4) is 0 Å². The van der Waals surface area contributed by atoms with Crippen LogP contribution in [0.3, 0.4) is 0 Å². The van der Waals surface area contributed by atoms with Crippen LogP contribution in [0.4, 0.5) is 0 Å². The molecule has 0 bridgehead atoms. The Morgan fingerprint density at radius 3 is 2.56 bits per heavy atom. The minimum Gasteiger partial charge on any atom is -0.370 e. The van der Waals surface area contributed by atoms with Crippen molar-refractivity contribution in [1.82, 2.24) is 9.78 Å². The Kier molecular flexibility index (Phi) is 4.10. The van der Waals surface area contributed by atoms with Gasteiger partial charge in [-0.25, -0.2) is 0 Å². The van der Waals surface area contributed by atoms with E-state index >= 15 is 0 Å². The molecule has 0 atom stereocenters. The van der Waals surface area contributed by atoms with Gasteiger partial charge in [-0.1, -0.05) is 13.8 Å². The fraction of sp³-hybridized carbons (Fsp3) is 0.667. The van der Waals surface area contributed by atoms with Gasteiger partial charge in [0.25, 0.3) is 0 Å². The van der Waals surface area contributed by atoms with Gasteiger partial charge < -0.3 is 5.73 Å². The van der Waals surface area contributed by atoms with Gasteiger partial charge in [-0.05, 0) is 31.7 Å². The molecule has 0 aliphatic rings. The van der Waals surface area contributed by atoms with E-state index in [-0.39, 0.29) is 5.91 Å². The highest BCUT2D eigenvalue weighted by Crippen LogP contribution is 2.16. The molecule has 0 aliphatic carbocycles. The maximum absolute atomic E-state index is 10.8. The average Bonchev–Trinajstić information content (AvgIpc) is 2.39. The number of carbonyl (C=O) groups excluding carboxylic acids is 1. The number of nitrogens with zero attached hydrogens (tertiary/aromatic N) is 2. The van der Waals surface area contributed by atoms with Gasteiger partial charge in [0, 0.05) is 18.7 Å². The fourth-order valence-electron chi connectivity index (χ4n) is 1.87. The van der Waals surface area contributed by atoms with Crippen LogP contribution in [-0.4, -0.2) is 15.7 Å². The summed E-state index contributed by atoms with van der Waals surface area (Å²) in [6, 6.07) is 0. The number of nitrogens with two attached hydrogens (primary N) is 1. The van der Waals surface area contributed by atoms with Crippen molar-refractivity contribution in [2.24, 2.45) is 11.7 Å². The first-order valence-corrected chi connectivity index (χ1v) is 5.73.